The monoisotopic (exact) mass is 374 g/mol. The van der Waals surface area contributed by atoms with Crippen LogP contribution in [0.4, 0.5) is 11.4 Å². The predicted molar refractivity (Wildman–Crippen MR) is 119 cm³/mol. The van der Waals surface area contributed by atoms with Gasteiger partial charge in [0.15, 0.2) is 0 Å². The van der Waals surface area contributed by atoms with Crippen LogP contribution >= 0.6 is 0 Å². The van der Waals surface area contributed by atoms with Crippen molar-refractivity contribution in [3.8, 4) is 0 Å². The van der Waals surface area contributed by atoms with E-state index in [4.69, 9.17) is 11.5 Å². The molecule has 0 aliphatic carbocycles. The molecule has 0 fully saturated rings. The maximum absolute atomic E-state index is 5.86. The summed E-state index contributed by atoms with van der Waals surface area (Å²) < 4.78 is 0. The topological polar surface area (TPSA) is 58.5 Å². The van der Waals surface area contributed by atoms with Gasteiger partial charge in [-0.1, -0.05) is 48.5 Å². The van der Waals surface area contributed by atoms with Crippen molar-refractivity contribution in [3.63, 3.8) is 0 Å². The minimum atomic E-state index is 0.184. The van der Waals surface area contributed by atoms with Crippen molar-refractivity contribution < 1.29 is 0 Å². The van der Waals surface area contributed by atoms with E-state index in [1.807, 2.05) is 24.3 Å². The zero-order valence-electron chi connectivity index (χ0n) is 17.1. The molecule has 0 aromatic heterocycles. The fourth-order valence-electron chi connectivity index (χ4n) is 3.79. The van der Waals surface area contributed by atoms with Gasteiger partial charge in [0.25, 0.3) is 0 Å². The van der Waals surface area contributed by atoms with Gasteiger partial charge in [-0.2, -0.15) is 0 Å². The summed E-state index contributed by atoms with van der Waals surface area (Å²) in [5.74, 6) is 0. The highest BCUT2D eigenvalue weighted by molar-refractivity contribution is 5.45. The number of rotatable bonds is 6. The minimum Gasteiger partial charge on any atom is -0.399 e. The Balaban J connectivity index is 1.93. The Bertz CT molecular complexity index is 805. The van der Waals surface area contributed by atoms with Gasteiger partial charge in [-0.25, -0.2) is 0 Å². The van der Waals surface area contributed by atoms with Gasteiger partial charge < -0.3 is 11.5 Å². The molecular weight excluding hydrogens is 344 g/mol. The Morgan fingerprint density at radius 2 is 0.679 bits per heavy atom. The lowest BCUT2D eigenvalue weighted by molar-refractivity contribution is 0.338. The van der Waals surface area contributed by atoms with Crippen molar-refractivity contribution in [2.24, 2.45) is 0 Å². The highest BCUT2D eigenvalue weighted by atomic mass is 15.1. The summed E-state index contributed by atoms with van der Waals surface area (Å²) in [4.78, 5) is 4.45. The molecule has 0 saturated heterocycles. The molecule has 28 heavy (non-hydrogen) atoms. The van der Waals surface area contributed by atoms with E-state index in [2.05, 4.69) is 86.5 Å². The number of hydrogen-bond donors (Lipinski definition) is 2. The van der Waals surface area contributed by atoms with E-state index in [0.29, 0.717) is 0 Å². The molecule has 0 radical (unpaired) electrons. The lowest BCUT2D eigenvalue weighted by Crippen LogP contribution is -2.22. The summed E-state index contributed by atoms with van der Waals surface area (Å²) >= 11 is 0. The molecule has 0 saturated carbocycles. The standard InChI is InChI=1S/C24H30N4/c1-27(2)23(19-9-13-21(25)14-10-19)17-5-7-18(8-6-17)24(28(3)4)20-11-15-22(26)16-12-20/h5-16,23-24H,25-26H2,1-4H3. The maximum Gasteiger partial charge on any atom is 0.0596 e. The highest BCUT2D eigenvalue weighted by Gasteiger charge is 2.19. The van der Waals surface area contributed by atoms with Gasteiger partial charge in [0.05, 0.1) is 12.1 Å². The number of nitrogens with zero attached hydrogens (tertiary/aromatic N) is 2. The fourth-order valence-corrected chi connectivity index (χ4v) is 3.79. The van der Waals surface area contributed by atoms with Crippen molar-refractivity contribution in [3.05, 3.63) is 95.1 Å². The Labute approximate surface area is 168 Å². The third kappa shape index (κ3) is 4.35. The molecule has 146 valence electrons. The summed E-state index contributed by atoms with van der Waals surface area (Å²) in [6.45, 7) is 0. The fraction of sp³-hybridized carbons (Fsp3) is 0.250. The average Bonchev–Trinajstić information content (AvgIpc) is 2.66. The molecule has 4 nitrogen and oxygen atoms in total. The largest absolute Gasteiger partial charge is 0.399 e. The van der Waals surface area contributed by atoms with Crippen molar-refractivity contribution in [1.82, 2.24) is 9.80 Å². The van der Waals surface area contributed by atoms with Crippen molar-refractivity contribution >= 4 is 11.4 Å². The molecular formula is C24H30N4. The zero-order chi connectivity index (χ0) is 20.3. The van der Waals surface area contributed by atoms with Crippen LogP contribution in [0.1, 0.15) is 34.3 Å². The summed E-state index contributed by atoms with van der Waals surface area (Å²) in [6, 6.07) is 25.5. The number of nitrogen functional groups attached to an aromatic ring is 2. The van der Waals surface area contributed by atoms with Gasteiger partial charge in [0, 0.05) is 11.4 Å². The van der Waals surface area contributed by atoms with Crippen molar-refractivity contribution in [2.75, 3.05) is 39.7 Å². The number of nitrogens with two attached hydrogens (primary N) is 2. The number of benzene rings is 3. The molecule has 0 aliphatic heterocycles. The van der Waals surface area contributed by atoms with Crippen LogP contribution in [-0.4, -0.2) is 38.0 Å². The van der Waals surface area contributed by atoms with Gasteiger partial charge in [-0.3, -0.25) is 9.80 Å². The molecule has 4 heteroatoms. The van der Waals surface area contributed by atoms with Gasteiger partial charge in [0.2, 0.25) is 0 Å². The van der Waals surface area contributed by atoms with E-state index in [-0.39, 0.29) is 12.1 Å². The lowest BCUT2D eigenvalue weighted by Gasteiger charge is -2.28. The van der Waals surface area contributed by atoms with Gasteiger partial charge in [-0.05, 0) is 74.7 Å². The van der Waals surface area contributed by atoms with Crippen LogP contribution in [0.5, 0.6) is 0 Å². The molecule has 4 N–H and O–H groups in total. The van der Waals surface area contributed by atoms with E-state index in [1.54, 1.807) is 0 Å². The molecule has 0 spiro atoms. The van der Waals surface area contributed by atoms with Crippen LogP contribution in [0, 0.1) is 0 Å². The Morgan fingerprint density at radius 3 is 0.893 bits per heavy atom. The maximum atomic E-state index is 5.86. The average molecular weight is 375 g/mol. The van der Waals surface area contributed by atoms with Crippen molar-refractivity contribution in [1.29, 1.82) is 0 Å². The normalized spacial score (nSPS) is 13.6. The van der Waals surface area contributed by atoms with Gasteiger partial charge >= 0.3 is 0 Å². The summed E-state index contributed by atoms with van der Waals surface area (Å²) in [6.07, 6.45) is 0. The Hall–Kier alpha value is -2.82. The van der Waals surface area contributed by atoms with Gasteiger partial charge in [-0.15, -0.1) is 0 Å². The van der Waals surface area contributed by atoms with Crippen LogP contribution in [-0.2, 0) is 0 Å². The second kappa shape index (κ2) is 8.46. The summed E-state index contributed by atoms with van der Waals surface area (Å²) in [7, 11) is 8.41. The van der Waals surface area contributed by atoms with Crippen LogP contribution < -0.4 is 11.5 Å². The molecule has 0 aliphatic rings. The quantitative estimate of drug-likeness (QED) is 0.636. The second-order valence-electron chi connectivity index (χ2n) is 7.73. The van der Waals surface area contributed by atoms with E-state index in [1.165, 1.54) is 22.3 Å². The number of anilines is 2. The van der Waals surface area contributed by atoms with Crippen molar-refractivity contribution in [2.45, 2.75) is 12.1 Å². The molecule has 0 amide bonds. The minimum absolute atomic E-state index is 0.184. The SMILES string of the molecule is CN(C)C(c1ccc(N)cc1)c1ccc(C(c2ccc(N)cc2)N(C)C)cc1. The molecule has 2 unspecified atom stereocenters. The van der Waals surface area contributed by atoms with E-state index in [9.17, 15) is 0 Å². The molecule has 3 rings (SSSR count). The lowest BCUT2D eigenvalue weighted by atomic mass is 9.93. The molecule has 0 heterocycles. The number of hydrogen-bond acceptors (Lipinski definition) is 4. The van der Waals surface area contributed by atoms with Crippen LogP contribution in [0.25, 0.3) is 0 Å². The van der Waals surface area contributed by atoms with Crippen LogP contribution in [0.3, 0.4) is 0 Å². The van der Waals surface area contributed by atoms with Crippen LogP contribution in [0.2, 0.25) is 0 Å². The molecule has 2 atom stereocenters. The first-order chi connectivity index (χ1) is 13.4. The smallest absolute Gasteiger partial charge is 0.0596 e. The molecule has 3 aromatic rings. The first-order valence-electron chi connectivity index (χ1n) is 9.50. The van der Waals surface area contributed by atoms with E-state index < -0.39 is 0 Å². The third-order valence-electron chi connectivity index (χ3n) is 5.11. The first kappa shape index (κ1) is 19.9. The summed E-state index contributed by atoms with van der Waals surface area (Å²) in [5.41, 5.74) is 18.3. The molecule has 3 aromatic carbocycles. The van der Waals surface area contributed by atoms with Gasteiger partial charge in [0.1, 0.15) is 0 Å². The van der Waals surface area contributed by atoms with Crippen LogP contribution in [0.15, 0.2) is 72.8 Å². The van der Waals surface area contributed by atoms with E-state index in [0.717, 1.165) is 11.4 Å². The Kier molecular flexibility index (Phi) is 6.02. The predicted octanol–water partition coefficient (Wildman–Crippen LogP) is 4.15. The summed E-state index contributed by atoms with van der Waals surface area (Å²) in [5, 5.41) is 0. The Morgan fingerprint density at radius 1 is 0.464 bits per heavy atom. The third-order valence-corrected chi connectivity index (χ3v) is 5.11. The molecule has 0 bridgehead atoms. The highest BCUT2D eigenvalue weighted by Crippen LogP contribution is 2.31. The first-order valence-corrected chi connectivity index (χ1v) is 9.50. The second-order valence-corrected chi connectivity index (χ2v) is 7.73. The van der Waals surface area contributed by atoms with E-state index >= 15 is 0 Å². The zero-order valence-corrected chi connectivity index (χ0v) is 17.1.